The number of aromatic carboxylic acids is 1. The van der Waals surface area contributed by atoms with Gasteiger partial charge in [0.2, 0.25) is 0 Å². The number of carboxylic acids is 1. The SMILES string of the molecule is Cc1ccnc(-c2nc(-c3c[nH]c(C(=O)O)c3)cs2)c1. The van der Waals surface area contributed by atoms with Gasteiger partial charge in [-0.3, -0.25) is 4.98 Å². The van der Waals surface area contributed by atoms with Gasteiger partial charge in [-0.25, -0.2) is 9.78 Å². The Morgan fingerprint density at radius 3 is 2.90 bits per heavy atom. The molecule has 3 aromatic rings. The van der Waals surface area contributed by atoms with E-state index in [1.165, 1.54) is 11.3 Å². The molecule has 0 amide bonds. The second kappa shape index (κ2) is 4.90. The number of pyridine rings is 1. The van der Waals surface area contributed by atoms with Crippen molar-refractivity contribution in [2.45, 2.75) is 6.92 Å². The summed E-state index contributed by atoms with van der Waals surface area (Å²) in [5, 5.41) is 11.6. The molecule has 2 N–H and O–H groups in total. The van der Waals surface area contributed by atoms with Crippen LogP contribution in [-0.2, 0) is 0 Å². The second-order valence-electron chi connectivity index (χ2n) is 4.36. The number of hydrogen-bond donors (Lipinski definition) is 2. The summed E-state index contributed by atoms with van der Waals surface area (Å²) in [6, 6.07) is 5.48. The molecule has 0 aromatic carbocycles. The number of aromatic nitrogens is 3. The van der Waals surface area contributed by atoms with Crippen molar-refractivity contribution in [2.75, 3.05) is 0 Å². The third kappa shape index (κ3) is 2.33. The molecule has 20 heavy (non-hydrogen) atoms. The number of aromatic amines is 1. The molecule has 0 bridgehead atoms. The van der Waals surface area contributed by atoms with Gasteiger partial charge < -0.3 is 10.1 Å². The summed E-state index contributed by atoms with van der Waals surface area (Å²) in [5.74, 6) is -0.980. The molecule has 3 aromatic heterocycles. The first-order valence-corrected chi connectivity index (χ1v) is 6.82. The van der Waals surface area contributed by atoms with E-state index in [0.717, 1.165) is 27.5 Å². The van der Waals surface area contributed by atoms with Gasteiger partial charge in [-0.2, -0.15) is 0 Å². The lowest BCUT2D eigenvalue weighted by molar-refractivity contribution is 0.0691. The molecule has 0 aliphatic rings. The molecule has 0 fully saturated rings. The summed E-state index contributed by atoms with van der Waals surface area (Å²) >= 11 is 1.49. The number of carbonyl (C=O) groups is 1. The number of carboxylic acid groups (broad SMARTS) is 1. The third-order valence-corrected chi connectivity index (χ3v) is 3.71. The lowest BCUT2D eigenvalue weighted by Crippen LogP contribution is -1.94. The molecule has 6 heteroatoms. The Bertz CT molecular complexity index is 776. The van der Waals surface area contributed by atoms with Crippen LogP contribution >= 0.6 is 11.3 Å². The molecule has 100 valence electrons. The fraction of sp³-hybridized carbons (Fsp3) is 0.0714. The average molecular weight is 285 g/mol. The largest absolute Gasteiger partial charge is 0.477 e. The fourth-order valence-electron chi connectivity index (χ4n) is 1.84. The number of thiazole rings is 1. The van der Waals surface area contributed by atoms with Crippen LogP contribution in [0.15, 0.2) is 36.0 Å². The van der Waals surface area contributed by atoms with Gasteiger partial charge in [0.15, 0.2) is 0 Å². The first-order chi connectivity index (χ1) is 9.63. The number of rotatable bonds is 3. The molecule has 0 atom stereocenters. The van der Waals surface area contributed by atoms with E-state index < -0.39 is 5.97 Å². The normalized spacial score (nSPS) is 10.7. The van der Waals surface area contributed by atoms with Gasteiger partial charge in [0, 0.05) is 23.3 Å². The number of nitrogens with zero attached hydrogens (tertiary/aromatic N) is 2. The smallest absolute Gasteiger partial charge is 0.352 e. The van der Waals surface area contributed by atoms with Crippen LogP contribution in [0.4, 0.5) is 0 Å². The van der Waals surface area contributed by atoms with Crippen LogP contribution in [0, 0.1) is 6.92 Å². The van der Waals surface area contributed by atoms with E-state index in [1.807, 2.05) is 24.4 Å². The van der Waals surface area contributed by atoms with Gasteiger partial charge in [0.1, 0.15) is 10.7 Å². The quantitative estimate of drug-likeness (QED) is 0.774. The topological polar surface area (TPSA) is 78.9 Å². The Labute approximate surface area is 119 Å². The summed E-state index contributed by atoms with van der Waals surface area (Å²) in [7, 11) is 0. The molecule has 0 aliphatic carbocycles. The van der Waals surface area contributed by atoms with Crippen molar-refractivity contribution in [3.63, 3.8) is 0 Å². The van der Waals surface area contributed by atoms with Gasteiger partial charge in [0.25, 0.3) is 0 Å². The van der Waals surface area contributed by atoms with Gasteiger partial charge in [-0.05, 0) is 30.7 Å². The van der Waals surface area contributed by atoms with Crippen LogP contribution in [-0.4, -0.2) is 26.0 Å². The minimum atomic E-state index is -0.980. The van der Waals surface area contributed by atoms with Crippen molar-refractivity contribution in [3.05, 3.63) is 47.2 Å². The minimum absolute atomic E-state index is 0.156. The fourth-order valence-corrected chi connectivity index (χ4v) is 2.64. The van der Waals surface area contributed by atoms with Crippen LogP contribution in [0.5, 0.6) is 0 Å². The Balaban J connectivity index is 1.95. The van der Waals surface area contributed by atoms with Crippen molar-refractivity contribution < 1.29 is 9.90 Å². The molecular formula is C14H11N3O2S. The first kappa shape index (κ1) is 12.6. The summed E-state index contributed by atoms with van der Waals surface area (Å²) in [5.41, 5.74) is 3.62. The Kier molecular flexibility index (Phi) is 3.08. The first-order valence-electron chi connectivity index (χ1n) is 5.94. The summed E-state index contributed by atoms with van der Waals surface area (Å²) in [6.45, 7) is 2.00. The van der Waals surface area contributed by atoms with Crippen LogP contribution < -0.4 is 0 Å². The van der Waals surface area contributed by atoms with Crippen LogP contribution in [0.25, 0.3) is 22.0 Å². The molecule has 3 rings (SSSR count). The highest BCUT2D eigenvalue weighted by atomic mass is 32.1. The maximum Gasteiger partial charge on any atom is 0.352 e. The van der Waals surface area contributed by atoms with E-state index in [1.54, 1.807) is 18.5 Å². The zero-order valence-corrected chi connectivity index (χ0v) is 11.4. The maximum atomic E-state index is 10.9. The van der Waals surface area contributed by atoms with Crippen molar-refractivity contribution in [3.8, 4) is 22.0 Å². The van der Waals surface area contributed by atoms with Crippen molar-refractivity contribution in [1.29, 1.82) is 0 Å². The summed E-state index contributed by atoms with van der Waals surface area (Å²) < 4.78 is 0. The average Bonchev–Trinajstić information content (AvgIpc) is 3.08. The van der Waals surface area contributed by atoms with E-state index in [0.29, 0.717) is 0 Å². The van der Waals surface area contributed by atoms with Crippen LogP contribution in [0.2, 0.25) is 0 Å². The van der Waals surface area contributed by atoms with E-state index in [9.17, 15) is 4.79 Å². The monoisotopic (exact) mass is 285 g/mol. The highest BCUT2D eigenvalue weighted by molar-refractivity contribution is 7.13. The molecule has 0 radical (unpaired) electrons. The Hall–Kier alpha value is -2.47. The maximum absolute atomic E-state index is 10.9. The molecular weight excluding hydrogens is 274 g/mol. The van der Waals surface area contributed by atoms with Gasteiger partial charge >= 0.3 is 5.97 Å². The van der Waals surface area contributed by atoms with Gasteiger partial charge in [0.05, 0.1) is 11.4 Å². The van der Waals surface area contributed by atoms with E-state index in [-0.39, 0.29) is 5.69 Å². The van der Waals surface area contributed by atoms with Crippen molar-refractivity contribution >= 4 is 17.3 Å². The number of hydrogen-bond acceptors (Lipinski definition) is 4. The van der Waals surface area contributed by atoms with E-state index >= 15 is 0 Å². The second-order valence-corrected chi connectivity index (χ2v) is 5.22. The molecule has 3 heterocycles. The zero-order chi connectivity index (χ0) is 14.1. The van der Waals surface area contributed by atoms with Crippen molar-refractivity contribution in [1.82, 2.24) is 15.0 Å². The molecule has 5 nitrogen and oxygen atoms in total. The van der Waals surface area contributed by atoms with Crippen LogP contribution in [0.1, 0.15) is 16.1 Å². The van der Waals surface area contributed by atoms with Gasteiger partial charge in [-0.15, -0.1) is 11.3 Å². The molecule has 0 unspecified atom stereocenters. The molecule has 0 saturated carbocycles. The van der Waals surface area contributed by atoms with E-state index in [2.05, 4.69) is 15.0 Å². The molecule has 0 saturated heterocycles. The third-order valence-electron chi connectivity index (χ3n) is 2.85. The summed E-state index contributed by atoms with van der Waals surface area (Å²) in [4.78, 5) is 22.4. The minimum Gasteiger partial charge on any atom is -0.477 e. The predicted molar refractivity (Wildman–Crippen MR) is 76.8 cm³/mol. The lowest BCUT2D eigenvalue weighted by atomic mass is 10.2. The highest BCUT2D eigenvalue weighted by Gasteiger charge is 2.11. The number of aryl methyl sites for hydroxylation is 1. The van der Waals surface area contributed by atoms with Crippen molar-refractivity contribution in [2.24, 2.45) is 0 Å². The zero-order valence-electron chi connectivity index (χ0n) is 10.6. The molecule has 0 aliphatic heterocycles. The van der Waals surface area contributed by atoms with Crippen LogP contribution in [0.3, 0.4) is 0 Å². The Morgan fingerprint density at radius 1 is 1.35 bits per heavy atom. The molecule has 0 spiro atoms. The van der Waals surface area contributed by atoms with Gasteiger partial charge in [-0.1, -0.05) is 0 Å². The number of nitrogens with one attached hydrogen (secondary N) is 1. The van der Waals surface area contributed by atoms with E-state index in [4.69, 9.17) is 5.11 Å². The Morgan fingerprint density at radius 2 is 2.20 bits per heavy atom. The lowest BCUT2D eigenvalue weighted by Gasteiger charge is -1.96. The standard InChI is InChI=1S/C14H11N3O2S/c1-8-2-3-15-10(4-8)13-17-12(7-20-13)9-5-11(14(18)19)16-6-9/h2-7,16H,1H3,(H,18,19). The highest BCUT2D eigenvalue weighted by Crippen LogP contribution is 2.28. The summed E-state index contributed by atoms with van der Waals surface area (Å²) in [6.07, 6.45) is 3.40. The predicted octanol–water partition coefficient (Wildman–Crippen LogP) is 3.21. The number of H-pyrrole nitrogens is 1.